The van der Waals surface area contributed by atoms with Crippen LogP contribution in [0.5, 0.6) is 11.5 Å². The summed E-state index contributed by atoms with van der Waals surface area (Å²) in [6.45, 7) is -3.13. The van der Waals surface area contributed by atoms with Gasteiger partial charge in [-0.05, 0) is 12.8 Å². The Bertz CT molecular complexity index is 535. The molecule has 7 nitrogen and oxygen atoms in total. The molecule has 0 aliphatic carbocycles. The van der Waals surface area contributed by atoms with Crippen molar-refractivity contribution in [2.45, 2.75) is 25.9 Å². The maximum Gasteiger partial charge on any atom is 0.387 e. The molecule has 21 heavy (non-hydrogen) atoms. The number of halogens is 2. The van der Waals surface area contributed by atoms with Gasteiger partial charge in [0.15, 0.2) is 11.5 Å². The number of aliphatic carboxylic acids is 1. The average molecular weight is 305 g/mol. The Balaban J connectivity index is 3.16. The average Bonchev–Trinajstić information content (AvgIpc) is 2.38. The van der Waals surface area contributed by atoms with Gasteiger partial charge in [-0.25, -0.2) is 0 Å². The fourth-order valence-corrected chi connectivity index (χ4v) is 1.74. The SMILES string of the molecule is COc1cc([N+](=O)[O-])cc(CCCC(=O)O)c1OC(F)F. The Morgan fingerprint density at radius 1 is 1.48 bits per heavy atom. The van der Waals surface area contributed by atoms with E-state index in [4.69, 9.17) is 9.84 Å². The molecule has 1 rings (SSSR count). The van der Waals surface area contributed by atoms with Crippen LogP contribution in [0.3, 0.4) is 0 Å². The normalized spacial score (nSPS) is 10.5. The smallest absolute Gasteiger partial charge is 0.387 e. The Hall–Kier alpha value is -2.45. The molecular weight excluding hydrogens is 292 g/mol. The van der Waals surface area contributed by atoms with Gasteiger partial charge in [-0.3, -0.25) is 14.9 Å². The standard InChI is InChI=1S/C12H13F2NO6/c1-20-9-6-8(15(18)19)5-7(3-2-4-10(16)17)11(9)21-12(13)14/h5-6,12H,2-4H2,1H3,(H,16,17). The number of ether oxygens (including phenoxy) is 2. The molecule has 0 amide bonds. The minimum atomic E-state index is -3.13. The third-order valence-corrected chi connectivity index (χ3v) is 2.59. The molecule has 1 aromatic carbocycles. The van der Waals surface area contributed by atoms with Crippen LogP contribution in [0.2, 0.25) is 0 Å². The van der Waals surface area contributed by atoms with E-state index >= 15 is 0 Å². The maximum atomic E-state index is 12.4. The summed E-state index contributed by atoms with van der Waals surface area (Å²) in [6.07, 6.45) is -0.0369. The van der Waals surface area contributed by atoms with Gasteiger partial charge in [-0.2, -0.15) is 8.78 Å². The number of benzene rings is 1. The van der Waals surface area contributed by atoms with E-state index < -0.39 is 17.5 Å². The molecule has 1 N–H and O–H groups in total. The van der Waals surface area contributed by atoms with Gasteiger partial charge in [0.25, 0.3) is 5.69 Å². The number of nitro groups is 1. The zero-order valence-electron chi connectivity index (χ0n) is 11.0. The second-order valence-electron chi connectivity index (χ2n) is 4.02. The topological polar surface area (TPSA) is 98.9 Å². The van der Waals surface area contributed by atoms with E-state index in [1.54, 1.807) is 0 Å². The second kappa shape index (κ2) is 7.36. The molecule has 0 bridgehead atoms. The van der Waals surface area contributed by atoms with Crippen LogP contribution in [0.25, 0.3) is 0 Å². The van der Waals surface area contributed by atoms with Crippen molar-refractivity contribution in [3.63, 3.8) is 0 Å². The summed E-state index contributed by atoms with van der Waals surface area (Å²) in [7, 11) is 1.17. The first-order valence-electron chi connectivity index (χ1n) is 5.87. The van der Waals surface area contributed by atoms with E-state index in [0.29, 0.717) is 0 Å². The van der Waals surface area contributed by atoms with Crippen LogP contribution in [0.4, 0.5) is 14.5 Å². The Kier molecular flexibility index (Phi) is 5.82. The molecule has 0 saturated heterocycles. The molecule has 0 atom stereocenters. The van der Waals surface area contributed by atoms with Crippen molar-refractivity contribution >= 4 is 11.7 Å². The van der Waals surface area contributed by atoms with E-state index in [1.807, 2.05) is 0 Å². The molecule has 0 spiro atoms. The summed E-state index contributed by atoms with van der Waals surface area (Å²) >= 11 is 0. The van der Waals surface area contributed by atoms with Gasteiger partial charge >= 0.3 is 12.6 Å². The van der Waals surface area contributed by atoms with E-state index in [1.165, 1.54) is 7.11 Å². The summed E-state index contributed by atoms with van der Waals surface area (Å²) in [5.41, 5.74) is -0.249. The molecule has 0 unspecified atom stereocenters. The fourth-order valence-electron chi connectivity index (χ4n) is 1.74. The van der Waals surface area contributed by atoms with Gasteiger partial charge in [0.2, 0.25) is 0 Å². The Morgan fingerprint density at radius 2 is 2.14 bits per heavy atom. The van der Waals surface area contributed by atoms with E-state index in [9.17, 15) is 23.7 Å². The first-order chi connectivity index (χ1) is 9.85. The molecule has 0 aliphatic rings. The van der Waals surface area contributed by atoms with E-state index in [0.717, 1.165) is 12.1 Å². The molecule has 116 valence electrons. The zero-order chi connectivity index (χ0) is 16.0. The Labute approximate surface area is 118 Å². The molecule has 1 aromatic rings. The number of non-ortho nitro benzene ring substituents is 1. The highest BCUT2D eigenvalue weighted by Gasteiger charge is 2.21. The number of hydrogen-bond acceptors (Lipinski definition) is 5. The highest BCUT2D eigenvalue weighted by molar-refractivity contribution is 5.66. The quantitative estimate of drug-likeness (QED) is 0.585. The number of nitrogens with zero attached hydrogens (tertiary/aromatic N) is 1. The number of carbonyl (C=O) groups is 1. The van der Waals surface area contributed by atoms with E-state index in [2.05, 4.69) is 4.74 Å². The highest BCUT2D eigenvalue weighted by Crippen LogP contribution is 2.37. The van der Waals surface area contributed by atoms with Gasteiger partial charge in [0.05, 0.1) is 18.1 Å². The number of nitro benzene ring substituents is 1. The summed E-state index contributed by atoms with van der Waals surface area (Å²) < 4.78 is 34.0. The first-order valence-corrected chi connectivity index (χ1v) is 5.87. The monoisotopic (exact) mass is 305 g/mol. The van der Waals surface area contributed by atoms with Gasteiger partial charge in [0, 0.05) is 18.1 Å². The number of rotatable bonds is 8. The third-order valence-electron chi connectivity index (χ3n) is 2.59. The van der Waals surface area contributed by atoms with Gasteiger partial charge in [-0.1, -0.05) is 0 Å². The summed E-state index contributed by atoms with van der Waals surface area (Å²) in [5.74, 6) is -1.57. The fraction of sp³-hybridized carbons (Fsp3) is 0.417. The van der Waals surface area contributed by atoms with Crippen molar-refractivity contribution in [2.75, 3.05) is 7.11 Å². The molecule has 0 aromatic heterocycles. The molecule has 0 radical (unpaired) electrons. The Morgan fingerprint density at radius 3 is 2.62 bits per heavy atom. The van der Waals surface area contributed by atoms with Crippen molar-refractivity contribution in [1.29, 1.82) is 0 Å². The number of methoxy groups -OCH3 is 1. The zero-order valence-corrected chi connectivity index (χ0v) is 11.0. The predicted octanol–water partition coefficient (Wildman–Crippen LogP) is 2.61. The molecule has 0 fully saturated rings. The number of carboxylic acids is 1. The number of alkyl halides is 2. The van der Waals surface area contributed by atoms with E-state index in [-0.39, 0.29) is 42.0 Å². The van der Waals surface area contributed by atoms with Crippen molar-refractivity contribution in [2.24, 2.45) is 0 Å². The van der Waals surface area contributed by atoms with Crippen LogP contribution in [-0.2, 0) is 11.2 Å². The van der Waals surface area contributed by atoms with Crippen LogP contribution >= 0.6 is 0 Å². The van der Waals surface area contributed by atoms with Gasteiger partial charge < -0.3 is 14.6 Å². The first kappa shape index (κ1) is 16.6. The molecule has 0 aliphatic heterocycles. The number of carboxylic acid groups (broad SMARTS) is 1. The lowest BCUT2D eigenvalue weighted by Crippen LogP contribution is -2.07. The van der Waals surface area contributed by atoms with Crippen LogP contribution in [0, 0.1) is 10.1 Å². The third kappa shape index (κ3) is 4.86. The molecule has 0 saturated carbocycles. The molecule has 0 heterocycles. The summed E-state index contributed by atoms with van der Waals surface area (Å²) in [6, 6.07) is 2.04. The van der Waals surface area contributed by atoms with Crippen LogP contribution in [0.1, 0.15) is 18.4 Å². The van der Waals surface area contributed by atoms with Crippen LogP contribution in [-0.4, -0.2) is 29.7 Å². The van der Waals surface area contributed by atoms with Crippen molar-refractivity contribution in [3.05, 3.63) is 27.8 Å². The van der Waals surface area contributed by atoms with Crippen molar-refractivity contribution < 1.29 is 33.1 Å². The molecule has 9 heteroatoms. The minimum Gasteiger partial charge on any atom is -0.493 e. The maximum absolute atomic E-state index is 12.4. The summed E-state index contributed by atoms with van der Waals surface area (Å²) in [5, 5.41) is 19.4. The highest BCUT2D eigenvalue weighted by atomic mass is 19.3. The number of hydrogen-bond donors (Lipinski definition) is 1. The largest absolute Gasteiger partial charge is 0.493 e. The van der Waals surface area contributed by atoms with Crippen molar-refractivity contribution in [1.82, 2.24) is 0 Å². The van der Waals surface area contributed by atoms with Crippen molar-refractivity contribution in [3.8, 4) is 11.5 Å². The number of aryl methyl sites for hydroxylation is 1. The minimum absolute atomic E-state index is 0.0341. The lowest BCUT2D eigenvalue weighted by atomic mass is 10.1. The van der Waals surface area contributed by atoms with Gasteiger partial charge in [0.1, 0.15) is 0 Å². The van der Waals surface area contributed by atoms with Crippen LogP contribution in [0.15, 0.2) is 12.1 Å². The second-order valence-corrected chi connectivity index (χ2v) is 4.02. The van der Waals surface area contributed by atoms with Gasteiger partial charge in [-0.15, -0.1) is 0 Å². The lowest BCUT2D eigenvalue weighted by molar-refractivity contribution is -0.385. The predicted molar refractivity (Wildman–Crippen MR) is 66.9 cm³/mol. The lowest BCUT2D eigenvalue weighted by Gasteiger charge is -2.14. The molecular formula is C12H13F2NO6. The van der Waals surface area contributed by atoms with Crippen LogP contribution < -0.4 is 9.47 Å². The summed E-state index contributed by atoms with van der Waals surface area (Å²) in [4.78, 5) is 20.6.